The van der Waals surface area contributed by atoms with Gasteiger partial charge in [-0.05, 0) is 32.1 Å². The van der Waals surface area contributed by atoms with Crippen molar-refractivity contribution in [3.63, 3.8) is 0 Å². The molecule has 0 saturated carbocycles. The summed E-state index contributed by atoms with van der Waals surface area (Å²) in [6, 6.07) is 4.28. The van der Waals surface area contributed by atoms with Gasteiger partial charge in [0.1, 0.15) is 5.82 Å². The number of benzene rings is 1. The number of aryl methyl sites for hydroxylation is 1. The molecule has 0 aliphatic rings. The normalized spacial score (nSPS) is 11.1. The molecule has 0 saturated heterocycles. The zero-order chi connectivity index (χ0) is 14.0. The third kappa shape index (κ3) is 2.31. The molecule has 0 unspecified atom stereocenters. The highest BCUT2D eigenvalue weighted by molar-refractivity contribution is 5.78. The number of nitrogens with one attached hydrogen (secondary N) is 1. The number of rotatable bonds is 4. The van der Waals surface area contributed by atoms with E-state index in [9.17, 15) is 14.0 Å². The highest BCUT2D eigenvalue weighted by Gasteiger charge is 2.13. The van der Waals surface area contributed by atoms with Gasteiger partial charge in [0.05, 0.1) is 10.9 Å². The summed E-state index contributed by atoms with van der Waals surface area (Å²) in [7, 11) is 3.33. The Morgan fingerprint density at radius 2 is 2.05 bits per heavy atom. The minimum absolute atomic E-state index is 0.0333. The first-order valence-electron chi connectivity index (χ1n) is 6.10. The molecule has 2 rings (SSSR count). The molecule has 1 aromatic heterocycles. The Bertz CT molecular complexity index is 718. The van der Waals surface area contributed by atoms with Crippen LogP contribution >= 0.6 is 0 Å². The van der Waals surface area contributed by atoms with E-state index in [1.54, 1.807) is 13.1 Å². The van der Waals surface area contributed by atoms with Gasteiger partial charge in [0.15, 0.2) is 0 Å². The van der Waals surface area contributed by atoms with E-state index in [4.69, 9.17) is 0 Å². The fraction of sp³-hybridized carbons (Fsp3) is 0.385. The molecule has 0 radical (unpaired) electrons. The zero-order valence-corrected chi connectivity index (χ0v) is 10.9. The first-order chi connectivity index (χ1) is 9.07. The molecular weight excluding hydrogens is 249 g/mol. The van der Waals surface area contributed by atoms with Gasteiger partial charge in [-0.2, -0.15) is 0 Å². The largest absolute Gasteiger partial charge is 0.331 e. The smallest absolute Gasteiger partial charge is 0.320 e. The molecule has 0 fully saturated rings. The van der Waals surface area contributed by atoms with E-state index in [0.717, 1.165) is 4.57 Å². The van der Waals surface area contributed by atoms with Crippen LogP contribution in [0.1, 0.15) is 6.42 Å². The average molecular weight is 265 g/mol. The monoisotopic (exact) mass is 265 g/mol. The van der Waals surface area contributed by atoms with Gasteiger partial charge in [-0.3, -0.25) is 13.9 Å². The lowest BCUT2D eigenvalue weighted by Crippen LogP contribution is -2.39. The van der Waals surface area contributed by atoms with Crippen LogP contribution in [-0.2, 0) is 13.6 Å². The van der Waals surface area contributed by atoms with Gasteiger partial charge in [0.2, 0.25) is 0 Å². The van der Waals surface area contributed by atoms with Crippen molar-refractivity contribution in [3.8, 4) is 0 Å². The molecule has 6 heteroatoms. The summed E-state index contributed by atoms with van der Waals surface area (Å²) < 4.78 is 16.2. The van der Waals surface area contributed by atoms with Crippen LogP contribution in [0.3, 0.4) is 0 Å². The van der Waals surface area contributed by atoms with Crippen molar-refractivity contribution in [2.24, 2.45) is 7.05 Å². The second-order valence-corrected chi connectivity index (χ2v) is 4.39. The van der Waals surface area contributed by atoms with E-state index in [1.165, 1.54) is 23.7 Å². The van der Waals surface area contributed by atoms with Crippen LogP contribution < -0.4 is 16.6 Å². The van der Waals surface area contributed by atoms with Crippen molar-refractivity contribution in [1.29, 1.82) is 0 Å². The van der Waals surface area contributed by atoms with E-state index in [0.29, 0.717) is 18.5 Å². The summed E-state index contributed by atoms with van der Waals surface area (Å²) in [5.41, 5.74) is -0.661. The maximum absolute atomic E-state index is 13.8. The topological polar surface area (TPSA) is 56.0 Å². The maximum atomic E-state index is 13.8. The molecule has 1 aromatic carbocycles. The van der Waals surface area contributed by atoms with Crippen molar-refractivity contribution < 1.29 is 4.39 Å². The van der Waals surface area contributed by atoms with E-state index < -0.39 is 17.1 Å². The Labute approximate surface area is 109 Å². The van der Waals surface area contributed by atoms with E-state index in [-0.39, 0.29) is 11.9 Å². The number of nitrogens with zero attached hydrogens (tertiary/aromatic N) is 2. The van der Waals surface area contributed by atoms with Gasteiger partial charge < -0.3 is 5.32 Å². The molecule has 1 heterocycles. The van der Waals surface area contributed by atoms with Crippen LogP contribution in [0.15, 0.2) is 27.8 Å². The lowest BCUT2D eigenvalue weighted by atomic mass is 10.2. The second-order valence-electron chi connectivity index (χ2n) is 4.39. The van der Waals surface area contributed by atoms with Gasteiger partial charge in [-0.25, -0.2) is 9.18 Å². The van der Waals surface area contributed by atoms with Gasteiger partial charge in [-0.15, -0.1) is 0 Å². The van der Waals surface area contributed by atoms with Crippen molar-refractivity contribution >= 4 is 10.9 Å². The molecule has 102 valence electrons. The number of hydrogen-bond acceptors (Lipinski definition) is 3. The molecule has 0 spiro atoms. The van der Waals surface area contributed by atoms with Gasteiger partial charge >= 0.3 is 5.69 Å². The molecule has 0 aliphatic heterocycles. The average Bonchev–Trinajstić information content (AvgIpc) is 2.40. The van der Waals surface area contributed by atoms with Crippen LogP contribution in [0.5, 0.6) is 0 Å². The zero-order valence-electron chi connectivity index (χ0n) is 10.9. The Kier molecular flexibility index (Phi) is 3.80. The van der Waals surface area contributed by atoms with Crippen molar-refractivity contribution in [2.45, 2.75) is 13.0 Å². The standard InChI is InChI=1S/C13H16FN3O2/c1-15-7-4-8-17-12(18)11-9(14)5-3-6-10(11)16(2)13(17)19/h3,5-6,15H,4,7-8H2,1-2H3. The van der Waals surface area contributed by atoms with Crippen LogP contribution in [0, 0.1) is 5.82 Å². The summed E-state index contributed by atoms with van der Waals surface area (Å²) in [5, 5.41) is 2.91. The van der Waals surface area contributed by atoms with Gasteiger partial charge in [0, 0.05) is 13.6 Å². The second kappa shape index (κ2) is 5.36. The predicted octanol–water partition coefficient (Wildman–Crippen LogP) is 0.449. The Hall–Kier alpha value is -1.95. The molecule has 2 aromatic rings. The summed E-state index contributed by atoms with van der Waals surface area (Å²) in [4.78, 5) is 24.3. The fourth-order valence-electron chi connectivity index (χ4n) is 2.12. The lowest BCUT2D eigenvalue weighted by molar-refractivity contribution is 0.555. The fourth-order valence-corrected chi connectivity index (χ4v) is 2.12. The Balaban J connectivity index is 2.69. The molecule has 0 atom stereocenters. The minimum atomic E-state index is -0.597. The predicted molar refractivity (Wildman–Crippen MR) is 72.0 cm³/mol. The highest BCUT2D eigenvalue weighted by Crippen LogP contribution is 2.11. The van der Waals surface area contributed by atoms with E-state index in [2.05, 4.69) is 5.32 Å². The maximum Gasteiger partial charge on any atom is 0.331 e. The number of halogens is 1. The molecule has 0 aliphatic carbocycles. The summed E-state index contributed by atoms with van der Waals surface area (Å²) in [6.45, 7) is 0.960. The van der Waals surface area contributed by atoms with Crippen LogP contribution in [-0.4, -0.2) is 22.7 Å². The Morgan fingerprint density at radius 3 is 2.74 bits per heavy atom. The Morgan fingerprint density at radius 1 is 1.32 bits per heavy atom. The van der Waals surface area contributed by atoms with Crippen LogP contribution in [0.2, 0.25) is 0 Å². The number of hydrogen-bond donors (Lipinski definition) is 1. The minimum Gasteiger partial charge on any atom is -0.320 e. The van der Waals surface area contributed by atoms with Crippen LogP contribution in [0.4, 0.5) is 4.39 Å². The van der Waals surface area contributed by atoms with Crippen molar-refractivity contribution in [3.05, 3.63) is 44.9 Å². The van der Waals surface area contributed by atoms with Gasteiger partial charge in [-0.1, -0.05) is 6.07 Å². The summed E-state index contributed by atoms with van der Waals surface area (Å²) in [5.74, 6) is -0.597. The summed E-state index contributed by atoms with van der Waals surface area (Å²) >= 11 is 0. The van der Waals surface area contributed by atoms with Crippen molar-refractivity contribution in [1.82, 2.24) is 14.5 Å². The first-order valence-corrected chi connectivity index (χ1v) is 6.10. The molecule has 0 bridgehead atoms. The first kappa shape index (κ1) is 13.5. The van der Waals surface area contributed by atoms with E-state index >= 15 is 0 Å². The number of fused-ring (bicyclic) bond motifs is 1. The molecule has 1 N–H and O–H groups in total. The summed E-state index contributed by atoms with van der Waals surface area (Å²) in [6.07, 6.45) is 0.631. The third-order valence-corrected chi connectivity index (χ3v) is 3.14. The SMILES string of the molecule is CNCCCn1c(=O)c2c(F)cccc2n(C)c1=O. The third-order valence-electron chi connectivity index (χ3n) is 3.14. The molecule has 5 nitrogen and oxygen atoms in total. The lowest BCUT2D eigenvalue weighted by Gasteiger charge is -2.10. The van der Waals surface area contributed by atoms with E-state index in [1.807, 2.05) is 0 Å². The quantitative estimate of drug-likeness (QED) is 0.817. The number of aromatic nitrogens is 2. The van der Waals surface area contributed by atoms with Gasteiger partial charge in [0.25, 0.3) is 5.56 Å². The molecular formula is C13H16FN3O2. The highest BCUT2D eigenvalue weighted by atomic mass is 19.1. The molecule has 19 heavy (non-hydrogen) atoms. The van der Waals surface area contributed by atoms with Crippen molar-refractivity contribution in [2.75, 3.05) is 13.6 Å². The molecule has 0 amide bonds. The van der Waals surface area contributed by atoms with Crippen LogP contribution in [0.25, 0.3) is 10.9 Å².